The maximum Gasteiger partial charge on any atom is 0.410 e. The van der Waals surface area contributed by atoms with Crippen molar-refractivity contribution in [3.63, 3.8) is 0 Å². The Balaban J connectivity index is 2.26. The summed E-state index contributed by atoms with van der Waals surface area (Å²) in [6.07, 6.45) is 1.34. The Morgan fingerprint density at radius 1 is 1.12 bits per heavy atom. The summed E-state index contributed by atoms with van der Waals surface area (Å²) in [6, 6.07) is 11.2. The number of carbonyl (C=O) groups is 1. The molecular weight excluding hydrogens is 350 g/mol. The second-order valence-corrected chi connectivity index (χ2v) is 8.27. The Morgan fingerprint density at radius 3 is 2.42 bits per heavy atom. The molecule has 0 N–H and O–H groups in total. The van der Waals surface area contributed by atoms with Crippen LogP contribution in [-0.4, -0.2) is 33.1 Å². The van der Waals surface area contributed by atoms with Crippen molar-refractivity contribution in [1.29, 1.82) is 0 Å². The molecule has 0 aliphatic heterocycles. The summed E-state index contributed by atoms with van der Waals surface area (Å²) in [6.45, 7) is 10.4. The minimum atomic E-state index is -0.572. The molecule has 140 valence electrons. The fraction of sp³-hybridized carbons (Fsp3) is 0.450. The Hall–Kier alpha value is -2.14. The summed E-state index contributed by atoms with van der Waals surface area (Å²) < 4.78 is 5.59. The van der Waals surface area contributed by atoms with Crippen LogP contribution in [0.1, 0.15) is 46.0 Å². The van der Waals surface area contributed by atoms with Gasteiger partial charge in [0.05, 0.1) is 12.2 Å². The molecular formula is C20H26ClN3O2. The maximum atomic E-state index is 12.8. The monoisotopic (exact) mass is 375 g/mol. The molecule has 2 aromatic heterocycles. The van der Waals surface area contributed by atoms with Crippen LogP contribution in [0.2, 0.25) is 5.15 Å². The van der Waals surface area contributed by atoms with Gasteiger partial charge >= 0.3 is 6.09 Å². The van der Waals surface area contributed by atoms with Gasteiger partial charge in [0.1, 0.15) is 10.8 Å². The van der Waals surface area contributed by atoms with Crippen molar-refractivity contribution < 1.29 is 9.53 Å². The van der Waals surface area contributed by atoms with Gasteiger partial charge in [-0.3, -0.25) is 4.98 Å². The van der Waals surface area contributed by atoms with E-state index in [1.165, 1.54) is 0 Å². The fourth-order valence-electron chi connectivity index (χ4n) is 2.54. The Kier molecular flexibility index (Phi) is 6.24. The quantitative estimate of drug-likeness (QED) is 0.701. The lowest BCUT2D eigenvalue weighted by molar-refractivity contribution is 0.0192. The molecule has 0 spiro atoms. The van der Waals surface area contributed by atoms with E-state index in [-0.39, 0.29) is 6.09 Å². The molecule has 2 heterocycles. The number of hydrogen-bond acceptors (Lipinski definition) is 4. The third kappa shape index (κ3) is 5.99. The van der Waals surface area contributed by atoms with Gasteiger partial charge in [0.15, 0.2) is 0 Å². The average Bonchev–Trinajstić information content (AvgIpc) is 2.53. The van der Waals surface area contributed by atoms with E-state index < -0.39 is 11.0 Å². The highest BCUT2D eigenvalue weighted by Crippen LogP contribution is 2.25. The van der Waals surface area contributed by atoms with Crippen LogP contribution < -0.4 is 0 Å². The van der Waals surface area contributed by atoms with E-state index in [2.05, 4.69) is 9.97 Å². The molecule has 0 radical (unpaired) electrons. The molecule has 0 aromatic carbocycles. The zero-order chi connectivity index (χ0) is 19.4. The number of rotatable bonds is 5. The van der Waals surface area contributed by atoms with Gasteiger partial charge < -0.3 is 9.64 Å². The number of amides is 1. The van der Waals surface area contributed by atoms with E-state index in [1.54, 1.807) is 17.2 Å². The molecule has 0 bridgehead atoms. The van der Waals surface area contributed by atoms with Crippen molar-refractivity contribution >= 4 is 17.7 Å². The van der Waals surface area contributed by atoms with Gasteiger partial charge in [-0.25, -0.2) is 9.78 Å². The largest absolute Gasteiger partial charge is 0.444 e. The summed E-state index contributed by atoms with van der Waals surface area (Å²) in [7, 11) is 0. The number of hydrogen-bond donors (Lipinski definition) is 0. The first-order chi connectivity index (χ1) is 12.1. The lowest BCUT2D eigenvalue weighted by Gasteiger charge is -2.33. The number of carbonyl (C=O) groups excluding carboxylic acids is 1. The lowest BCUT2D eigenvalue weighted by Crippen LogP contribution is -2.43. The highest BCUT2D eigenvalue weighted by Gasteiger charge is 2.31. The van der Waals surface area contributed by atoms with Crippen molar-refractivity contribution in [1.82, 2.24) is 14.9 Å². The Morgan fingerprint density at radius 2 is 1.85 bits per heavy atom. The van der Waals surface area contributed by atoms with Crippen LogP contribution in [0.4, 0.5) is 4.79 Å². The van der Waals surface area contributed by atoms with Crippen LogP contribution in [0, 0.1) is 0 Å². The van der Waals surface area contributed by atoms with E-state index in [1.807, 2.05) is 65.0 Å². The van der Waals surface area contributed by atoms with E-state index in [0.29, 0.717) is 18.2 Å². The first-order valence-corrected chi connectivity index (χ1v) is 8.95. The van der Waals surface area contributed by atoms with Gasteiger partial charge in [0.25, 0.3) is 0 Å². The van der Waals surface area contributed by atoms with Crippen molar-refractivity contribution in [3.8, 4) is 0 Å². The molecule has 0 atom stereocenters. The van der Waals surface area contributed by atoms with E-state index in [0.717, 1.165) is 11.4 Å². The van der Waals surface area contributed by atoms with E-state index in [9.17, 15) is 4.79 Å². The molecule has 2 rings (SSSR count). The first-order valence-electron chi connectivity index (χ1n) is 8.58. The third-order valence-corrected chi connectivity index (χ3v) is 3.94. The Bertz CT molecular complexity index is 742. The lowest BCUT2D eigenvalue weighted by atomic mass is 9.88. The molecule has 0 unspecified atom stereocenters. The summed E-state index contributed by atoms with van der Waals surface area (Å²) in [5, 5.41) is 0.434. The van der Waals surface area contributed by atoms with E-state index in [4.69, 9.17) is 16.3 Å². The van der Waals surface area contributed by atoms with Gasteiger partial charge in [-0.15, -0.1) is 0 Å². The summed E-state index contributed by atoms with van der Waals surface area (Å²) in [5.41, 5.74) is 0.641. The van der Waals surface area contributed by atoms with Crippen molar-refractivity contribution in [2.75, 3.05) is 6.54 Å². The third-order valence-electron chi connectivity index (χ3n) is 3.73. The minimum Gasteiger partial charge on any atom is -0.444 e. The number of aromatic nitrogens is 2. The fourth-order valence-corrected chi connectivity index (χ4v) is 2.71. The normalized spacial score (nSPS) is 11.9. The van der Waals surface area contributed by atoms with Gasteiger partial charge in [-0.1, -0.05) is 37.6 Å². The summed E-state index contributed by atoms with van der Waals surface area (Å²) in [5.74, 6) is 0. The molecule has 0 aliphatic rings. The molecule has 0 aliphatic carbocycles. The zero-order valence-corrected chi connectivity index (χ0v) is 16.7. The molecule has 1 amide bonds. The van der Waals surface area contributed by atoms with Crippen molar-refractivity contribution in [2.24, 2.45) is 0 Å². The molecule has 0 saturated carbocycles. The Labute approximate surface area is 160 Å². The highest BCUT2D eigenvalue weighted by molar-refractivity contribution is 6.29. The van der Waals surface area contributed by atoms with E-state index >= 15 is 0 Å². The topological polar surface area (TPSA) is 55.3 Å². The van der Waals surface area contributed by atoms with Crippen LogP contribution in [0.3, 0.4) is 0 Å². The molecule has 2 aromatic rings. The molecule has 5 nitrogen and oxygen atoms in total. The van der Waals surface area contributed by atoms with Gasteiger partial charge in [-0.05, 0) is 45.0 Å². The van der Waals surface area contributed by atoms with Gasteiger partial charge in [0.2, 0.25) is 0 Å². The van der Waals surface area contributed by atoms with Gasteiger partial charge in [0, 0.05) is 23.9 Å². The molecule has 0 fully saturated rings. The van der Waals surface area contributed by atoms with Crippen molar-refractivity contribution in [3.05, 3.63) is 59.1 Å². The number of ether oxygens (including phenoxy) is 1. The number of nitrogens with zero attached hydrogens (tertiary/aromatic N) is 3. The van der Waals surface area contributed by atoms with Crippen LogP contribution in [0.15, 0.2) is 42.6 Å². The zero-order valence-electron chi connectivity index (χ0n) is 16.0. The standard InChI is InChI=1S/C20H26ClN3O2/c1-19(2,3)26-18(25)24(13-15-9-6-7-12-22-15)14-20(4,5)16-10-8-11-17(21)23-16/h6-12H,13-14H2,1-5H3. The second-order valence-electron chi connectivity index (χ2n) is 7.89. The maximum absolute atomic E-state index is 12.8. The molecule has 6 heteroatoms. The predicted octanol–water partition coefficient (Wildman–Crippen LogP) is 4.84. The van der Waals surface area contributed by atoms with Crippen LogP contribution in [0.5, 0.6) is 0 Å². The van der Waals surface area contributed by atoms with Crippen LogP contribution >= 0.6 is 11.6 Å². The molecule has 0 saturated heterocycles. The van der Waals surface area contributed by atoms with Gasteiger partial charge in [-0.2, -0.15) is 0 Å². The predicted molar refractivity (Wildman–Crippen MR) is 103 cm³/mol. The second kappa shape index (κ2) is 8.04. The van der Waals surface area contributed by atoms with Crippen LogP contribution in [-0.2, 0) is 16.7 Å². The number of pyridine rings is 2. The summed E-state index contributed by atoms with van der Waals surface area (Å²) >= 11 is 6.04. The van der Waals surface area contributed by atoms with Crippen molar-refractivity contribution in [2.45, 2.75) is 52.2 Å². The smallest absolute Gasteiger partial charge is 0.410 e. The minimum absolute atomic E-state index is 0.361. The summed E-state index contributed by atoms with van der Waals surface area (Å²) in [4.78, 5) is 23.2. The first kappa shape index (κ1) is 20.2. The molecule has 26 heavy (non-hydrogen) atoms. The SMILES string of the molecule is CC(C)(C)OC(=O)N(Cc1ccccn1)CC(C)(C)c1cccc(Cl)n1. The van der Waals surface area contributed by atoms with Crippen LogP contribution in [0.25, 0.3) is 0 Å². The average molecular weight is 376 g/mol. The number of halogens is 1. The highest BCUT2D eigenvalue weighted by atomic mass is 35.5.